The zero-order valence-electron chi connectivity index (χ0n) is 15.5. The lowest BCUT2D eigenvalue weighted by molar-refractivity contribution is -0.174. The molecule has 0 radical (unpaired) electrons. The second-order valence-corrected chi connectivity index (χ2v) is 7.69. The predicted octanol–water partition coefficient (Wildman–Crippen LogP) is 2.40. The molecule has 8 heteroatoms. The Morgan fingerprint density at radius 3 is 2.31 bits per heavy atom. The Bertz CT molecular complexity index is 432. The minimum Gasteiger partial charge on any atom is -0.372 e. The topological polar surface area (TPSA) is 58.8 Å². The standard InChI is InChI=1S/C18H32F3N3O2/c19-18(20,21)15-26-12-4-7-23-8-10-24(11-9-23)16(25)13-17(14-22)5-2-1-3-6-17/h1-15,22H2. The summed E-state index contributed by atoms with van der Waals surface area (Å²) in [7, 11) is 0. The summed E-state index contributed by atoms with van der Waals surface area (Å²) in [5.41, 5.74) is 5.97. The first-order valence-corrected chi connectivity index (χ1v) is 9.68. The Morgan fingerprint density at radius 1 is 1.08 bits per heavy atom. The number of hydrogen-bond acceptors (Lipinski definition) is 4. The lowest BCUT2D eigenvalue weighted by atomic mass is 9.71. The maximum atomic E-state index is 12.7. The van der Waals surface area contributed by atoms with Gasteiger partial charge in [0, 0.05) is 45.8 Å². The fourth-order valence-corrected chi connectivity index (χ4v) is 3.99. The molecule has 0 unspecified atom stereocenters. The van der Waals surface area contributed by atoms with Crippen LogP contribution in [0.1, 0.15) is 44.9 Å². The van der Waals surface area contributed by atoms with Crippen LogP contribution in [0.3, 0.4) is 0 Å². The van der Waals surface area contributed by atoms with Crippen LogP contribution in [0.15, 0.2) is 0 Å². The third-order valence-corrected chi connectivity index (χ3v) is 5.63. The molecule has 2 N–H and O–H groups in total. The van der Waals surface area contributed by atoms with E-state index in [1.165, 1.54) is 6.42 Å². The van der Waals surface area contributed by atoms with Gasteiger partial charge in [-0.3, -0.25) is 9.69 Å². The van der Waals surface area contributed by atoms with Crippen molar-refractivity contribution < 1.29 is 22.7 Å². The maximum Gasteiger partial charge on any atom is 0.411 e. The molecule has 1 heterocycles. The number of nitrogens with zero attached hydrogens (tertiary/aromatic N) is 2. The number of amides is 1. The van der Waals surface area contributed by atoms with E-state index in [-0.39, 0.29) is 17.9 Å². The van der Waals surface area contributed by atoms with Crippen molar-refractivity contribution in [3.8, 4) is 0 Å². The molecule has 0 atom stereocenters. The van der Waals surface area contributed by atoms with Gasteiger partial charge in [0.15, 0.2) is 0 Å². The van der Waals surface area contributed by atoms with Crippen LogP contribution in [-0.4, -0.2) is 74.4 Å². The van der Waals surface area contributed by atoms with Crippen LogP contribution in [0.2, 0.25) is 0 Å². The lowest BCUT2D eigenvalue weighted by Gasteiger charge is -2.39. The average molecular weight is 379 g/mol. The van der Waals surface area contributed by atoms with Gasteiger partial charge in [-0.15, -0.1) is 0 Å². The highest BCUT2D eigenvalue weighted by Crippen LogP contribution is 2.38. The monoisotopic (exact) mass is 379 g/mol. The SMILES string of the molecule is NCC1(CC(=O)N2CCN(CCCOCC(F)(F)F)CC2)CCCCC1. The van der Waals surface area contributed by atoms with Gasteiger partial charge < -0.3 is 15.4 Å². The van der Waals surface area contributed by atoms with Crippen molar-refractivity contribution in [3.05, 3.63) is 0 Å². The van der Waals surface area contributed by atoms with Crippen molar-refractivity contribution >= 4 is 5.91 Å². The van der Waals surface area contributed by atoms with Crippen LogP contribution in [-0.2, 0) is 9.53 Å². The van der Waals surface area contributed by atoms with Crippen molar-refractivity contribution in [2.45, 2.75) is 51.1 Å². The summed E-state index contributed by atoms with van der Waals surface area (Å²) >= 11 is 0. The summed E-state index contributed by atoms with van der Waals surface area (Å²) < 4.78 is 40.6. The Kier molecular flexibility index (Phi) is 8.16. The molecule has 5 nitrogen and oxygen atoms in total. The van der Waals surface area contributed by atoms with Crippen molar-refractivity contribution in [1.29, 1.82) is 0 Å². The minimum absolute atomic E-state index is 0.0116. The number of carbonyl (C=O) groups is 1. The molecule has 1 saturated heterocycles. The van der Waals surface area contributed by atoms with E-state index in [9.17, 15) is 18.0 Å². The molecule has 2 rings (SSSR count). The summed E-state index contributed by atoms with van der Waals surface area (Å²) in [5, 5.41) is 0. The largest absolute Gasteiger partial charge is 0.411 e. The fourth-order valence-electron chi connectivity index (χ4n) is 3.99. The molecule has 0 bridgehead atoms. The summed E-state index contributed by atoms with van der Waals surface area (Å²) in [4.78, 5) is 16.8. The molecule has 2 fully saturated rings. The molecule has 1 amide bonds. The average Bonchev–Trinajstić information content (AvgIpc) is 2.62. The Labute approximate surface area is 154 Å². The van der Waals surface area contributed by atoms with E-state index in [1.807, 2.05) is 4.90 Å². The van der Waals surface area contributed by atoms with Gasteiger partial charge in [-0.25, -0.2) is 0 Å². The highest BCUT2D eigenvalue weighted by Gasteiger charge is 2.35. The van der Waals surface area contributed by atoms with Gasteiger partial charge in [0.1, 0.15) is 6.61 Å². The Balaban J connectivity index is 1.63. The van der Waals surface area contributed by atoms with Crippen molar-refractivity contribution in [3.63, 3.8) is 0 Å². The molecule has 0 aromatic carbocycles. The smallest absolute Gasteiger partial charge is 0.372 e. The maximum absolute atomic E-state index is 12.7. The van der Waals surface area contributed by atoms with Gasteiger partial charge in [-0.1, -0.05) is 19.3 Å². The number of alkyl halides is 3. The van der Waals surface area contributed by atoms with Crippen molar-refractivity contribution in [2.24, 2.45) is 11.1 Å². The van der Waals surface area contributed by atoms with Crippen LogP contribution in [0.4, 0.5) is 13.2 Å². The van der Waals surface area contributed by atoms with Crippen LogP contribution in [0.5, 0.6) is 0 Å². The van der Waals surface area contributed by atoms with Gasteiger partial charge >= 0.3 is 6.18 Å². The lowest BCUT2D eigenvalue weighted by Crippen LogP contribution is -2.50. The highest BCUT2D eigenvalue weighted by molar-refractivity contribution is 5.77. The number of ether oxygens (including phenoxy) is 1. The minimum atomic E-state index is -4.26. The molecular weight excluding hydrogens is 347 g/mol. The second-order valence-electron chi connectivity index (χ2n) is 7.69. The molecule has 2 aliphatic rings. The van der Waals surface area contributed by atoms with Crippen molar-refractivity contribution in [1.82, 2.24) is 9.80 Å². The molecule has 0 aromatic rings. The zero-order valence-corrected chi connectivity index (χ0v) is 15.5. The predicted molar refractivity (Wildman–Crippen MR) is 93.7 cm³/mol. The summed E-state index contributed by atoms with van der Waals surface area (Å²) in [6.45, 7) is 3.10. The van der Waals surface area contributed by atoms with Crippen LogP contribution in [0, 0.1) is 5.41 Å². The number of halogens is 3. The third-order valence-electron chi connectivity index (χ3n) is 5.63. The van der Waals surface area contributed by atoms with Gasteiger partial charge in [0.25, 0.3) is 0 Å². The molecule has 1 saturated carbocycles. The summed E-state index contributed by atoms with van der Waals surface area (Å²) in [5.74, 6) is 0.200. The number of carbonyl (C=O) groups excluding carboxylic acids is 1. The number of rotatable bonds is 8. The molecule has 0 aromatic heterocycles. The third kappa shape index (κ3) is 7.04. The van der Waals surface area contributed by atoms with Gasteiger partial charge in [0.05, 0.1) is 0 Å². The van der Waals surface area contributed by atoms with E-state index in [2.05, 4.69) is 9.64 Å². The molecule has 0 spiro atoms. The molecule has 26 heavy (non-hydrogen) atoms. The van der Waals surface area contributed by atoms with Crippen molar-refractivity contribution in [2.75, 3.05) is 52.5 Å². The van der Waals surface area contributed by atoms with E-state index in [1.54, 1.807) is 0 Å². The van der Waals surface area contributed by atoms with E-state index in [4.69, 9.17) is 5.73 Å². The normalized spacial score (nSPS) is 21.8. The highest BCUT2D eigenvalue weighted by atomic mass is 19.4. The Hall–Kier alpha value is -0.860. The molecular formula is C18H32F3N3O2. The molecule has 152 valence electrons. The number of hydrogen-bond donors (Lipinski definition) is 1. The van der Waals surface area contributed by atoms with Crippen LogP contribution in [0.25, 0.3) is 0 Å². The van der Waals surface area contributed by atoms with E-state index >= 15 is 0 Å². The van der Waals surface area contributed by atoms with Crippen LogP contribution >= 0.6 is 0 Å². The summed E-state index contributed by atoms with van der Waals surface area (Å²) in [6.07, 6.45) is 2.52. The summed E-state index contributed by atoms with van der Waals surface area (Å²) in [6, 6.07) is 0. The van der Waals surface area contributed by atoms with Gasteiger partial charge in [0.2, 0.25) is 5.91 Å². The fraction of sp³-hybridized carbons (Fsp3) is 0.944. The van der Waals surface area contributed by atoms with E-state index in [0.717, 1.165) is 38.8 Å². The first-order valence-electron chi connectivity index (χ1n) is 9.68. The molecule has 1 aliphatic carbocycles. The quantitative estimate of drug-likeness (QED) is 0.658. The van der Waals surface area contributed by atoms with Gasteiger partial charge in [-0.2, -0.15) is 13.2 Å². The number of nitrogens with two attached hydrogens (primary N) is 1. The zero-order chi connectivity index (χ0) is 19.0. The van der Waals surface area contributed by atoms with Crippen LogP contribution < -0.4 is 5.73 Å². The van der Waals surface area contributed by atoms with E-state index in [0.29, 0.717) is 39.0 Å². The second kappa shape index (κ2) is 9.90. The number of piperazine rings is 1. The first kappa shape index (κ1) is 21.4. The molecule has 1 aliphatic heterocycles. The van der Waals surface area contributed by atoms with E-state index < -0.39 is 12.8 Å². The first-order chi connectivity index (χ1) is 12.3. The van der Waals surface area contributed by atoms with Gasteiger partial charge in [-0.05, 0) is 31.2 Å². The Morgan fingerprint density at radius 2 is 1.73 bits per heavy atom.